The minimum absolute atomic E-state index is 0.378. The fourth-order valence-corrected chi connectivity index (χ4v) is 2.90. The smallest absolute Gasteiger partial charge is 0.133 e. The SMILES string of the molecule is CCCCCCCC(NCCC(=O)CC)C(CC)CC. The molecule has 2 nitrogen and oxygen atoms in total. The molecule has 0 fully saturated rings. The summed E-state index contributed by atoms with van der Waals surface area (Å²) in [5, 5.41) is 3.66. The Labute approximate surface area is 127 Å². The van der Waals surface area contributed by atoms with Crippen molar-refractivity contribution in [1.29, 1.82) is 0 Å². The van der Waals surface area contributed by atoms with E-state index in [4.69, 9.17) is 0 Å². The average Bonchev–Trinajstić information content (AvgIpc) is 2.47. The lowest BCUT2D eigenvalue weighted by molar-refractivity contribution is -0.118. The van der Waals surface area contributed by atoms with Gasteiger partial charge < -0.3 is 5.32 Å². The summed E-state index contributed by atoms with van der Waals surface area (Å²) < 4.78 is 0. The van der Waals surface area contributed by atoms with Crippen LogP contribution in [0.1, 0.15) is 91.9 Å². The van der Waals surface area contributed by atoms with Gasteiger partial charge in [-0.25, -0.2) is 0 Å². The molecule has 20 heavy (non-hydrogen) atoms. The molecule has 0 aromatic carbocycles. The molecule has 0 saturated heterocycles. The predicted molar refractivity (Wildman–Crippen MR) is 89.2 cm³/mol. The van der Waals surface area contributed by atoms with Crippen LogP contribution in [0.5, 0.6) is 0 Å². The zero-order valence-electron chi connectivity index (χ0n) is 14.3. The molecule has 0 aliphatic heterocycles. The standard InChI is InChI=1S/C18H37NO/c1-5-9-10-11-12-13-18(16(6-2)7-3)19-15-14-17(20)8-4/h16,18-19H,5-15H2,1-4H3. The van der Waals surface area contributed by atoms with Crippen LogP contribution in [0.15, 0.2) is 0 Å². The number of ketones is 1. The highest BCUT2D eigenvalue weighted by Crippen LogP contribution is 2.19. The van der Waals surface area contributed by atoms with E-state index < -0.39 is 0 Å². The highest BCUT2D eigenvalue weighted by Gasteiger charge is 2.17. The van der Waals surface area contributed by atoms with Crippen molar-refractivity contribution in [2.75, 3.05) is 6.54 Å². The van der Waals surface area contributed by atoms with Gasteiger partial charge in [0.1, 0.15) is 5.78 Å². The maximum Gasteiger partial charge on any atom is 0.133 e. The van der Waals surface area contributed by atoms with Crippen LogP contribution < -0.4 is 5.32 Å². The van der Waals surface area contributed by atoms with Crippen molar-refractivity contribution in [2.45, 2.75) is 97.9 Å². The molecule has 0 aromatic heterocycles. The van der Waals surface area contributed by atoms with Crippen LogP contribution >= 0.6 is 0 Å². The van der Waals surface area contributed by atoms with Crippen LogP contribution in [0.2, 0.25) is 0 Å². The van der Waals surface area contributed by atoms with Crippen molar-refractivity contribution in [3.8, 4) is 0 Å². The summed E-state index contributed by atoms with van der Waals surface area (Å²) in [4.78, 5) is 11.4. The van der Waals surface area contributed by atoms with E-state index in [0.717, 1.165) is 12.5 Å². The average molecular weight is 284 g/mol. The molecule has 120 valence electrons. The third kappa shape index (κ3) is 9.52. The van der Waals surface area contributed by atoms with Crippen LogP contribution in [0.3, 0.4) is 0 Å². The highest BCUT2D eigenvalue weighted by atomic mass is 16.1. The van der Waals surface area contributed by atoms with Crippen molar-refractivity contribution >= 4 is 5.78 Å². The topological polar surface area (TPSA) is 29.1 Å². The fourth-order valence-electron chi connectivity index (χ4n) is 2.90. The molecule has 0 saturated carbocycles. The number of unbranched alkanes of at least 4 members (excludes halogenated alkanes) is 4. The first kappa shape index (κ1) is 19.6. The maximum absolute atomic E-state index is 11.4. The van der Waals surface area contributed by atoms with E-state index in [9.17, 15) is 4.79 Å². The van der Waals surface area contributed by atoms with Crippen molar-refractivity contribution in [1.82, 2.24) is 5.32 Å². The molecule has 1 unspecified atom stereocenters. The van der Waals surface area contributed by atoms with E-state index in [2.05, 4.69) is 26.1 Å². The number of rotatable bonds is 14. The summed E-state index contributed by atoms with van der Waals surface area (Å²) in [7, 11) is 0. The molecule has 1 N–H and O–H groups in total. The minimum atomic E-state index is 0.378. The molecule has 1 atom stereocenters. The highest BCUT2D eigenvalue weighted by molar-refractivity contribution is 5.78. The van der Waals surface area contributed by atoms with Gasteiger partial charge in [-0.3, -0.25) is 4.79 Å². The molecular weight excluding hydrogens is 246 g/mol. The lowest BCUT2D eigenvalue weighted by atomic mass is 9.90. The molecule has 0 aromatic rings. The number of carbonyl (C=O) groups is 1. The Morgan fingerprint density at radius 2 is 1.60 bits per heavy atom. The normalized spacial score (nSPS) is 12.8. The van der Waals surface area contributed by atoms with E-state index in [-0.39, 0.29) is 0 Å². The van der Waals surface area contributed by atoms with Crippen molar-refractivity contribution in [2.24, 2.45) is 5.92 Å². The van der Waals surface area contributed by atoms with Gasteiger partial charge in [-0.05, 0) is 12.3 Å². The van der Waals surface area contributed by atoms with Crippen LogP contribution in [-0.2, 0) is 4.79 Å². The van der Waals surface area contributed by atoms with Gasteiger partial charge in [0.05, 0.1) is 0 Å². The quantitative estimate of drug-likeness (QED) is 0.449. The van der Waals surface area contributed by atoms with Gasteiger partial charge in [-0.15, -0.1) is 0 Å². The second-order valence-electron chi connectivity index (χ2n) is 5.98. The second-order valence-corrected chi connectivity index (χ2v) is 5.98. The monoisotopic (exact) mass is 283 g/mol. The molecule has 0 bridgehead atoms. The number of hydrogen-bond acceptors (Lipinski definition) is 2. The third-order valence-electron chi connectivity index (χ3n) is 4.44. The zero-order valence-corrected chi connectivity index (χ0v) is 14.3. The number of hydrogen-bond donors (Lipinski definition) is 1. The molecule has 2 heteroatoms. The first-order valence-corrected chi connectivity index (χ1v) is 8.94. The summed E-state index contributed by atoms with van der Waals surface area (Å²) in [6.07, 6.45) is 11.9. The Balaban J connectivity index is 4.03. The van der Waals surface area contributed by atoms with Gasteiger partial charge in [-0.2, -0.15) is 0 Å². The summed E-state index contributed by atoms with van der Waals surface area (Å²) in [6, 6.07) is 0.608. The number of nitrogens with one attached hydrogen (secondary N) is 1. The van der Waals surface area contributed by atoms with Gasteiger partial charge in [0.2, 0.25) is 0 Å². The molecule has 0 spiro atoms. The van der Waals surface area contributed by atoms with Gasteiger partial charge in [-0.1, -0.05) is 72.6 Å². The van der Waals surface area contributed by atoms with E-state index >= 15 is 0 Å². The summed E-state index contributed by atoms with van der Waals surface area (Å²) >= 11 is 0. The Hall–Kier alpha value is -0.370. The first-order chi connectivity index (χ1) is 9.69. The Morgan fingerprint density at radius 3 is 2.15 bits per heavy atom. The van der Waals surface area contributed by atoms with Gasteiger partial charge >= 0.3 is 0 Å². The Bertz CT molecular complexity index is 223. The lowest BCUT2D eigenvalue weighted by Gasteiger charge is -2.26. The molecular formula is C18H37NO. The summed E-state index contributed by atoms with van der Waals surface area (Å²) in [5.74, 6) is 1.14. The van der Waals surface area contributed by atoms with Crippen molar-refractivity contribution < 1.29 is 4.79 Å². The van der Waals surface area contributed by atoms with E-state index in [0.29, 0.717) is 24.7 Å². The van der Waals surface area contributed by atoms with Crippen LogP contribution in [0.25, 0.3) is 0 Å². The van der Waals surface area contributed by atoms with Crippen molar-refractivity contribution in [3.05, 3.63) is 0 Å². The molecule has 0 radical (unpaired) electrons. The summed E-state index contributed by atoms with van der Waals surface area (Å²) in [6.45, 7) is 9.66. The van der Waals surface area contributed by atoms with E-state index in [1.807, 2.05) is 6.92 Å². The van der Waals surface area contributed by atoms with Crippen molar-refractivity contribution in [3.63, 3.8) is 0 Å². The largest absolute Gasteiger partial charge is 0.313 e. The first-order valence-electron chi connectivity index (χ1n) is 8.94. The Kier molecular flexibility index (Phi) is 13.4. The summed E-state index contributed by atoms with van der Waals surface area (Å²) in [5.41, 5.74) is 0. The fraction of sp³-hybridized carbons (Fsp3) is 0.944. The minimum Gasteiger partial charge on any atom is -0.313 e. The molecule has 0 aliphatic carbocycles. The molecule has 0 heterocycles. The molecule has 0 aliphatic rings. The van der Waals surface area contributed by atoms with Crippen LogP contribution in [-0.4, -0.2) is 18.4 Å². The Morgan fingerprint density at radius 1 is 0.950 bits per heavy atom. The molecule has 0 amide bonds. The zero-order chi connectivity index (χ0) is 15.2. The number of carbonyl (C=O) groups excluding carboxylic acids is 1. The van der Waals surface area contributed by atoms with Gasteiger partial charge in [0, 0.05) is 25.4 Å². The van der Waals surface area contributed by atoms with Crippen LogP contribution in [0, 0.1) is 5.92 Å². The maximum atomic E-state index is 11.4. The van der Waals surface area contributed by atoms with Gasteiger partial charge in [0.25, 0.3) is 0 Å². The number of Topliss-reactive ketones (excluding diaryl/α,β-unsaturated/α-hetero) is 1. The van der Waals surface area contributed by atoms with Gasteiger partial charge in [0.15, 0.2) is 0 Å². The lowest BCUT2D eigenvalue weighted by Crippen LogP contribution is -2.37. The molecule has 0 rings (SSSR count). The van der Waals surface area contributed by atoms with Crippen LogP contribution in [0.4, 0.5) is 0 Å². The van der Waals surface area contributed by atoms with E-state index in [1.165, 1.54) is 51.4 Å². The third-order valence-corrected chi connectivity index (χ3v) is 4.44. The second kappa shape index (κ2) is 13.6. The predicted octanol–water partition coefficient (Wildman–Crippen LogP) is 5.11. The van der Waals surface area contributed by atoms with E-state index in [1.54, 1.807) is 0 Å².